The maximum atomic E-state index is 10.7. The van der Waals surface area contributed by atoms with Crippen molar-refractivity contribution in [2.24, 2.45) is 0 Å². The molecule has 2 nitrogen and oxygen atoms in total. The van der Waals surface area contributed by atoms with E-state index in [0.29, 0.717) is 6.54 Å². The largest absolute Gasteiger partial charge is 0.343 e. The monoisotopic (exact) mass is 263 g/mol. The Labute approximate surface area is 96.4 Å². The number of nitrogens with one attached hydrogen (secondary N) is 1. The summed E-state index contributed by atoms with van der Waals surface area (Å²) >= 11 is 2.83. The van der Waals surface area contributed by atoms with Crippen LogP contribution in [0.3, 0.4) is 0 Å². The summed E-state index contributed by atoms with van der Waals surface area (Å²) in [7, 11) is 0. The molecule has 0 aliphatic carbocycles. The van der Waals surface area contributed by atoms with E-state index in [-0.39, 0.29) is 4.82 Å². The van der Waals surface area contributed by atoms with Crippen LogP contribution in [0.15, 0.2) is 42.5 Å². The first-order valence-corrected chi connectivity index (χ1v) is 5.46. The lowest BCUT2D eigenvalue weighted by Crippen LogP contribution is -2.14. The van der Waals surface area contributed by atoms with E-state index in [4.69, 9.17) is 0 Å². The molecule has 15 heavy (non-hydrogen) atoms. The molecule has 0 unspecified atom stereocenters. The summed E-state index contributed by atoms with van der Waals surface area (Å²) in [5.74, 6) is 0. The minimum absolute atomic E-state index is 0.185. The zero-order valence-corrected chi connectivity index (χ0v) is 9.62. The Hall–Kier alpha value is -1.35. The fraction of sp³-hybridized carbons (Fsp3) is 0.0833. The van der Waals surface area contributed by atoms with Crippen molar-refractivity contribution < 1.29 is 4.79 Å². The van der Waals surface area contributed by atoms with Crippen LogP contribution >= 0.6 is 15.9 Å². The van der Waals surface area contributed by atoms with Gasteiger partial charge in [-0.1, -0.05) is 36.4 Å². The molecule has 0 aromatic heterocycles. The van der Waals surface area contributed by atoms with Crippen LogP contribution in [0.2, 0.25) is 0 Å². The second-order valence-electron chi connectivity index (χ2n) is 3.31. The molecule has 2 aromatic carbocycles. The van der Waals surface area contributed by atoms with Crippen LogP contribution in [0, 0.1) is 0 Å². The molecule has 0 aliphatic heterocycles. The highest BCUT2D eigenvalue weighted by Crippen LogP contribution is 2.15. The van der Waals surface area contributed by atoms with Crippen molar-refractivity contribution >= 4 is 31.5 Å². The molecule has 3 heteroatoms. The molecule has 1 N–H and O–H groups in total. The van der Waals surface area contributed by atoms with Gasteiger partial charge in [0.25, 0.3) is 4.82 Å². The Morgan fingerprint density at radius 2 is 1.87 bits per heavy atom. The Morgan fingerprint density at radius 1 is 1.13 bits per heavy atom. The molecule has 0 saturated carbocycles. The van der Waals surface area contributed by atoms with E-state index in [9.17, 15) is 4.79 Å². The molecule has 0 fully saturated rings. The molecule has 0 spiro atoms. The van der Waals surface area contributed by atoms with Crippen LogP contribution < -0.4 is 5.32 Å². The zero-order chi connectivity index (χ0) is 10.7. The van der Waals surface area contributed by atoms with Crippen LogP contribution in [-0.4, -0.2) is 4.82 Å². The van der Waals surface area contributed by atoms with Gasteiger partial charge in [-0.2, -0.15) is 0 Å². The third kappa shape index (κ3) is 2.57. The number of rotatable bonds is 2. The van der Waals surface area contributed by atoms with Gasteiger partial charge in [0.2, 0.25) is 0 Å². The number of halogens is 1. The highest BCUT2D eigenvalue weighted by molar-refractivity contribution is 9.18. The summed E-state index contributed by atoms with van der Waals surface area (Å²) in [6, 6.07) is 14.3. The Bertz CT molecular complexity index is 496. The second-order valence-corrected chi connectivity index (χ2v) is 4.03. The fourth-order valence-corrected chi connectivity index (χ4v) is 1.66. The van der Waals surface area contributed by atoms with E-state index in [1.165, 1.54) is 10.8 Å². The third-order valence-corrected chi connectivity index (χ3v) is 2.53. The molecule has 2 aromatic rings. The minimum atomic E-state index is -0.185. The lowest BCUT2D eigenvalue weighted by molar-refractivity contribution is 0.261. The van der Waals surface area contributed by atoms with Gasteiger partial charge < -0.3 is 5.32 Å². The van der Waals surface area contributed by atoms with Crippen molar-refractivity contribution in [2.45, 2.75) is 6.54 Å². The van der Waals surface area contributed by atoms with Gasteiger partial charge in [0, 0.05) is 22.5 Å². The molecular weight excluding hydrogens is 254 g/mol. The van der Waals surface area contributed by atoms with E-state index < -0.39 is 0 Å². The fourth-order valence-electron chi connectivity index (χ4n) is 1.52. The highest BCUT2D eigenvalue weighted by Gasteiger charge is 1.97. The number of amides is 1. The molecule has 1 amide bonds. The molecule has 0 saturated heterocycles. The van der Waals surface area contributed by atoms with Gasteiger partial charge in [-0.25, -0.2) is 0 Å². The van der Waals surface area contributed by atoms with E-state index in [1.54, 1.807) is 0 Å². The van der Waals surface area contributed by atoms with Crippen LogP contribution in [-0.2, 0) is 6.54 Å². The summed E-state index contributed by atoms with van der Waals surface area (Å²) in [6.45, 7) is 0.551. The predicted octanol–water partition coefficient (Wildman–Crippen LogP) is 3.44. The number of carbonyl (C=O) groups is 1. The number of hydrogen-bond acceptors (Lipinski definition) is 1. The standard InChI is InChI=1S/C12H10BrNO/c13-12(15)14-8-9-5-6-10-3-1-2-4-11(10)7-9/h1-7H,8H2,(H,14,15). The Morgan fingerprint density at radius 3 is 2.60 bits per heavy atom. The van der Waals surface area contributed by atoms with Gasteiger partial charge >= 0.3 is 0 Å². The topological polar surface area (TPSA) is 29.1 Å². The average molecular weight is 264 g/mol. The summed E-state index contributed by atoms with van der Waals surface area (Å²) in [5.41, 5.74) is 1.10. The summed E-state index contributed by atoms with van der Waals surface area (Å²) in [5, 5.41) is 5.11. The average Bonchev–Trinajstić information content (AvgIpc) is 2.26. The van der Waals surface area contributed by atoms with Crippen molar-refractivity contribution in [1.82, 2.24) is 5.32 Å². The highest BCUT2D eigenvalue weighted by atomic mass is 79.9. The normalized spacial score (nSPS) is 10.2. The molecule has 0 aliphatic rings. The first-order chi connectivity index (χ1) is 7.25. The molecule has 0 bridgehead atoms. The van der Waals surface area contributed by atoms with Gasteiger partial charge in [-0.05, 0) is 22.4 Å². The summed E-state index contributed by atoms with van der Waals surface area (Å²) in [4.78, 5) is 10.5. The number of carbonyl (C=O) groups excluding carboxylic acids is 1. The van der Waals surface area contributed by atoms with E-state index in [2.05, 4.69) is 45.5 Å². The number of benzene rings is 2. The van der Waals surface area contributed by atoms with Crippen molar-refractivity contribution in [2.75, 3.05) is 0 Å². The summed E-state index contributed by atoms with van der Waals surface area (Å²) < 4.78 is 0. The van der Waals surface area contributed by atoms with Crippen molar-refractivity contribution in [3.05, 3.63) is 48.0 Å². The zero-order valence-electron chi connectivity index (χ0n) is 8.03. The SMILES string of the molecule is O=C(Br)NCc1ccc2ccccc2c1. The molecule has 0 atom stereocenters. The van der Waals surface area contributed by atoms with Gasteiger partial charge in [-0.15, -0.1) is 0 Å². The minimum Gasteiger partial charge on any atom is -0.343 e. The van der Waals surface area contributed by atoms with Gasteiger partial charge in [0.15, 0.2) is 0 Å². The summed E-state index contributed by atoms with van der Waals surface area (Å²) in [6.07, 6.45) is 0. The predicted molar refractivity (Wildman–Crippen MR) is 65.1 cm³/mol. The lowest BCUT2D eigenvalue weighted by atomic mass is 10.1. The van der Waals surface area contributed by atoms with Gasteiger partial charge in [0.05, 0.1) is 0 Å². The smallest absolute Gasteiger partial charge is 0.287 e. The molecule has 2 rings (SSSR count). The van der Waals surface area contributed by atoms with Gasteiger partial charge in [0.1, 0.15) is 0 Å². The maximum Gasteiger partial charge on any atom is 0.287 e. The third-order valence-electron chi connectivity index (χ3n) is 2.25. The van der Waals surface area contributed by atoms with Crippen molar-refractivity contribution in [3.8, 4) is 0 Å². The quantitative estimate of drug-likeness (QED) is 0.653. The number of fused-ring (bicyclic) bond motifs is 1. The van der Waals surface area contributed by atoms with E-state index >= 15 is 0 Å². The maximum absolute atomic E-state index is 10.7. The van der Waals surface area contributed by atoms with E-state index in [0.717, 1.165) is 5.56 Å². The van der Waals surface area contributed by atoms with Crippen LogP contribution in [0.5, 0.6) is 0 Å². The van der Waals surface area contributed by atoms with Crippen LogP contribution in [0.4, 0.5) is 4.79 Å². The Kier molecular flexibility index (Phi) is 3.02. The van der Waals surface area contributed by atoms with Crippen molar-refractivity contribution in [1.29, 1.82) is 0 Å². The van der Waals surface area contributed by atoms with Crippen molar-refractivity contribution in [3.63, 3.8) is 0 Å². The molecular formula is C12H10BrNO. The Balaban J connectivity index is 2.26. The van der Waals surface area contributed by atoms with Crippen LogP contribution in [0.25, 0.3) is 10.8 Å². The molecule has 76 valence electrons. The van der Waals surface area contributed by atoms with Crippen LogP contribution in [0.1, 0.15) is 5.56 Å². The van der Waals surface area contributed by atoms with Gasteiger partial charge in [-0.3, -0.25) is 4.79 Å². The lowest BCUT2D eigenvalue weighted by Gasteiger charge is -2.03. The molecule has 0 radical (unpaired) electrons. The van der Waals surface area contributed by atoms with E-state index in [1.807, 2.05) is 18.2 Å². The first-order valence-electron chi connectivity index (χ1n) is 4.67. The first kappa shape index (κ1) is 10.2. The molecule has 0 heterocycles. The number of hydrogen-bond donors (Lipinski definition) is 1. The second kappa shape index (κ2) is 4.45.